The van der Waals surface area contributed by atoms with Gasteiger partial charge < -0.3 is 9.73 Å². The average Bonchev–Trinajstić information content (AvgIpc) is 3.32. The summed E-state index contributed by atoms with van der Waals surface area (Å²) in [4.78, 5) is 18.2. The quantitative estimate of drug-likeness (QED) is 0.539. The lowest BCUT2D eigenvalue weighted by Gasteiger charge is -2.25. The maximum atomic E-state index is 11.7. The Morgan fingerprint density at radius 3 is 2.66 bits per heavy atom. The second kappa shape index (κ2) is 7.68. The highest BCUT2D eigenvalue weighted by molar-refractivity contribution is 6.05. The summed E-state index contributed by atoms with van der Waals surface area (Å²) >= 11 is 0. The summed E-state index contributed by atoms with van der Waals surface area (Å²) in [5, 5.41) is 5.39. The first kappa shape index (κ1) is 17.9. The maximum Gasteiger partial charge on any atom is 0.220 e. The molecule has 0 unspecified atom stereocenters. The Labute approximate surface area is 169 Å². The summed E-state index contributed by atoms with van der Waals surface area (Å²) in [5.74, 6) is 0.151. The van der Waals surface area contributed by atoms with E-state index < -0.39 is 0 Å². The average molecular weight is 385 g/mol. The number of rotatable bonds is 6. The van der Waals surface area contributed by atoms with Crippen molar-refractivity contribution >= 4 is 27.8 Å². The van der Waals surface area contributed by atoms with Crippen LogP contribution in [0.3, 0.4) is 0 Å². The van der Waals surface area contributed by atoms with Crippen molar-refractivity contribution in [3.8, 4) is 0 Å². The molecule has 0 spiro atoms. The highest BCUT2D eigenvalue weighted by atomic mass is 16.3. The fraction of sp³-hybridized carbons (Fsp3) is 0.250. The number of hydrogen-bond acceptors (Lipinski definition) is 4. The summed E-state index contributed by atoms with van der Waals surface area (Å²) in [6, 6.07) is 18.8. The molecule has 1 saturated heterocycles. The first-order chi connectivity index (χ1) is 14.3. The van der Waals surface area contributed by atoms with Crippen molar-refractivity contribution < 1.29 is 9.21 Å². The minimum Gasteiger partial charge on any atom is -0.456 e. The van der Waals surface area contributed by atoms with Crippen molar-refractivity contribution in [3.63, 3.8) is 0 Å². The summed E-state index contributed by atoms with van der Waals surface area (Å²) in [7, 11) is 0. The zero-order chi connectivity index (χ0) is 19.6. The van der Waals surface area contributed by atoms with Crippen molar-refractivity contribution in [1.82, 2.24) is 15.2 Å². The van der Waals surface area contributed by atoms with Crippen LogP contribution in [0.1, 0.15) is 24.0 Å². The van der Waals surface area contributed by atoms with Gasteiger partial charge in [0.2, 0.25) is 5.91 Å². The third-order valence-corrected chi connectivity index (χ3v) is 5.60. The number of carbonyl (C=O) groups excluding carboxylic acids is 1. The van der Waals surface area contributed by atoms with Crippen LogP contribution in [0.5, 0.6) is 0 Å². The molecule has 146 valence electrons. The van der Waals surface area contributed by atoms with Gasteiger partial charge in [-0.3, -0.25) is 14.7 Å². The van der Waals surface area contributed by atoms with Crippen LogP contribution in [0.15, 0.2) is 71.4 Å². The van der Waals surface area contributed by atoms with E-state index in [1.807, 2.05) is 42.7 Å². The molecule has 3 heterocycles. The molecule has 2 aromatic heterocycles. The fourth-order valence-corrected chi connectivity index (χ4v) is 4.23. The molecule has 0 aliphatic carbocycles. The van der Waals surface area contributed by atoms with Gasteiger partial charge in [0, 0.05) is 60.8 Å². The second-order valence-electron chi connectivity index (χ2n) is 7.72. The van der Waals surface area contributed by atoms with E-state index in [0.717, 1.165) is 53.6 Å². The Balaban J connectivity index is 1.46. The molecular weight excluding hydrogens is 362 g/mol. The molecule has 4 aromatic rings. The van der Waals surface area contributed by atoms with E-state index in [0.29, 0.717) is 6.42 Å². The van der Waals surface area contributed by atoms with Crippen LogP contribution in [0.25, 0.3) is 21.9 Å². The molecule has 1 aliphatic heterocycles. The monoisotopic (exact) mass is 385 g/mol. The van der Waals surface area contributed by atoms with Gasteiger partial charge in [-0.05, 0) is 30.2 Å². The third-order valence-electron chi connectivity index (χ3n) is 5.60. The lowest BCUT2D eigenvalue weighted by Crippen LogP contribution is -2.38. The molecule has 1 amide bonds. The Morgan fingerprint density at radius 2 is 1.83 bits per heavy atom. The molecule has 1 atom stereocenters. The van der Waals surface area contributed by atoms with Gasteiger partial charge in [0.1, 0.15) is 11.2 Å². The molecule has 0 radical (unpaired) electrons. The lowest BCUT2D eigenvalue weighted by molar-refractivity contribution is -0.119. The molecule has 5 rings (SSSR count). The van der Waals surface area contributed by atoms with Crippen LogP contribution >= 0.6 is 0 Å². The van der Waals surface area contributed by atoms with Crippen molar-refractivity contribution in [3.05, 3.63) is 78.1 Å². The Bertz CT molecular complexity index is 1150. The van der Waals surface area contributed by atoms with Gasteiger partial charge >= 0.3 is 0 Å². The molecular formula is C24H23N3O2. The van der Waals surface area contributed by atoms with Gasteiger partial charge in [-0.15, -0.1) is 0 Å². The van der Waals surface area contributed by atoms with Gasteiger partial charge in [-0.1, -0.05) is 36.4 Å². The minimum atomic E-state index is 0.151. The molecule has 1 N–H and O–H groups in total. The predicted octanol–water partition coefficient (Wildman–Crippen LogP) is 4.26. The smallest absolute Gasteiger partial charge is 0.220 e. The van der Waals surface area contributed by atoms with Gasteiger partial charge in [0.15, 0.2) is 0 Å². The van der Waals surface area contributed by atoms with Gasteiger partial charge in [0.25, 0.3) is 0 Å². The maximum absolute atomic E-state index is 11.7. The number of fused-ring (bicyclic) bond motifs is 3. The topological polar surface area (TPSA) is 58.4 Å². The standard InChI is InChI=1S/C24H23N3O2/c28-23-9-8-19(26-23)16-27(14-17-10-12-25-13-11-17)15-18-4-3-6-21-20-5-1-2-7-22(20)29-24(18)21/h1-7,10-13,19H,8-9,14-16H2,(H,26,28)/t19-/m0/s1. The summed E-state index contributed by atoms with van der Waals surface area (Å²) in [5.41, 5.74) is 4.24. The molecule has 29 heavy (non-hydrogen) atoms. The Hall–Kier alpha value is -3.18. The van der Waals surface area contributed by atoms with Crippen molar-refractivity contribution in [1.29, 1.82) is 0 Å². The summed E-state index contributed by atoms with van der Waals surface area (Å²) in [6.45, 7) is 2.36. The van der Waals surface area contributed by atoms with Crippen molar-refractivity contribution in [2.45, 2.75) is 32.0 Å². The number of hydrogen-bond donors (Lipinski definition) is 1. The Kier molecular flexibility index (Phi) is 4.74. The van der Waals surface area contributed by atoms with Crippen LogP contribution in [-0.4, -0.2) is 28.4 Å². The van der Waals surface area contributed by atoms with E-state index in [9.17, 15) is 4.79 Å². The van der Waals surface area contributed by atoms with E-state index >= 15 is 0 Å². The van der Waals surface area contributed by atoms with Crippen LogP contribution in [0.2, 0.25) is 0 Å². The largest absolute Gasteiger partial charge is 0.456 e. The van der Waals surface area contributed by atoms with E-state index in [1.54, 1.807) is 0 Å². The van der Waals surface area contributed by atoms with Crippen molar-refractivity contribution in [2.24, 2.45) is 0 Å². The first-order valence-electron chi connectivity index (χ1n) is 10.1. The van der Waals surface area contributed by atoms with Crippen LogP contribution in [-0.2, 0) is 17.9 Å². The fourth-order valence-electron chi connectivity index (χ4n) is 4.23. The van der Waals surface area contributed by atoms with Crippen molar-refractivity contribution in [2.75, 3.05) is 6.54 Å². The van der Waals surface area contributed by atoms with Gasteiger partial charge in [-0.25, -0.2) is 0 Å². The minimum absolute atomic E-state index is 0.151. The number of nitrogens with one attached hydrogen (secondary N) is 1. The summed E-state index contributed by atoms with van der Waals surface area (Å²) < 4.78 is 6.22. The number of pyridine rings is 1. The van der Waals surface area contributed by atoms with Crippen LogP contribution in [0, 0.1) is 0 Å². The SMILES string of the molecule is O=C1CC[C@@H](CN(Cc2ccncc2)Cc2cccc3c2oc2ccccc23)N1. The lowest BCUT2D eigenvalue weighted by atomic mass is 10.1. The van der Waals surface area contributed by atoms with E-state index in [-0.39, 0.29) is 11.9 Å². The molecule has 0 bridgehead atoms. The Morgan fingerprint density at radius 1 is 1.00 bits per heavy atom. The van der Waals surface area contributed by atoms with Crippen LogP contribution < -0.4 is 5.32 Å². The van der Waals surface area contributed by atoms with E-state index in [2.05, 4.69) is 39.5 Å². The summed E-state index contributed by atoms with van der Waals surface area (Å²) in [6.07, 6.45) is 5.16. The number of benzene rings is 2. The molecule has 0 saturated carbocycles. The number of aromatic nitrogens is 1. The van der Waals surface area contributed by atoms with Gasteiger partial charge in [0.05, 0.1) is 0 Å². The highest BCUT2D eigenvalue weighted by Gasteiger charge is 2.24. The molecule has 1 fully saturated rings. The molecule has 1 aliphatic rings. The predicted molar refractivity (Wildman–Crippen MR) is 113 cm³/mol. The van der Waals surface area contributed by atoms with Gasteiger partial charge in [-0.2, -0.15) is 0 Å². The zero-order valence-corrected chi connectivity index (χ0v) is 16.2. The first-order valence-corrected chi connectivity index (χ1v) is 10.1. The third kappa shape index (κ3) is 3.74. The van der Waals surface area contributed by atoms with E-state index in [4.69, 9.17) is 4.42 Å². The number of furan rings is 1. The molecule has 5 heteroatoms. The normalized spacial score (nSPS) is 16.7. The number of nitrogens with zero attached hydrogens (tertiary/aromatic N) is 2. The molecule has 5 nitrogen and oxygen atoms in total. The number of para-hydroxylation sites is 2. The van der Waals surface area contributed by atoms with Crippen LogP contribution in [0.4, 0.5) is 0 Å². The molecule has 2 aromatic carbocycles. The number of amides is 1. The highest BCUT2D eigenvalue weighted by Crippen LogP contribution is 2.31. The van der Waals surface area contributed by atoms with E-state index in [1.165, 1.54) is 5.56 Å². The number of carbonyl (C=O) groups is 1. The second-order valence-corrected chi connectivity index (χ2v) is 7.72. The zero-order valence-electron chi connectivity index (χ0n) is 16.2.